The van der Waals surface area contributed by atoms with Crippen molar-refractivity contribution in [1.82, 2.24) is 5.43 Å². The molecule has 0 aliphatic carbocycles. The Hall–Kier alpha value is -3.60. The zero-order chi connectivity index (χ0) is 20.4. The lowest BCUT2D eigenvalue weighted by molar-refractivity contribution is -0.117. The Morgan fingerprint density at radius 2 is 1.72 bits per heavy atom. The fourth-order valence-electron chi connectivity index (χ4n) is 3.29. The molecule has 0 saturated carbocycles. The van der Waals surface area contributed by atoms with Gasteiger partial charge in [0.2, 0.25) is 0 Å². The number of hydrogen-bond acceptors (Lipinski definition) is 3. The molecule has 0 unspecified atom stereocenters. The van der Waals surface area contributed by atoms with Gasteiger partial charge in [-0.3, -0.25) is 15.0 Å². The van der Waals surface area contributed by atoms with E-state index in [-0.39, 0.29) is 17.6 Å². The predicted molar refractivity (Wildman–Crippen MR) is 114 cm³/mol. The molecule has 5 nitrogen and oxygen atoms in total. The lowest BCUT2D eigenvalue weighted by Crippen LogP contribution is -2.35. The van der Waals surface area contributed by atoms with Gasteiger partial charge in [0.15, 0.2) is 0 Å². The Morgan fingerprint density at radius 1 is 1.00 bits per heavy atom. The number of amides is 2. The molecule has 0 radical (unpaired) electrons. The first-order valence-corrected chi connectivity index (χ1v) is 9.69. The fraction of sp³-hybridized carbons (Fsp3) is 0.167. The van der Waals surface area contributed by atoms with Crippen molar-refractivity contribution in [2.45, 2.75) is 26.4 Å². The minimum Gasteiger partial charge on any atom is -0.490 e. The number of hydrazine groups is 1. The molecule has 2 amide bonds. The summed E-state index contributed by atoms with van der Waals surface area (Å²) in [5.41, 5.74) is 4.08. The SMILES string of the molecule is CC[C@@H](C)Oc1ccc2ccccc2c1/C=C1/C(=O)NN(c2ccccc2)C1=O. The lowest BCUT2D eigenvalue weighted by Gasteiger charge is -2.17. The standard InChI is InChI=1S/C24H22N2O3/c1-3-16(2)29-22-14-13-17-9-7-8-12-19(17)20(22)15-21-23(27)25-26(24(21)28)18-10-5-4-6-11-18/h4-16H,3H2,1-2H3,(H,25,27)/b21-15-/t16-/m1/s1. The van der Waals surface area contributed by atoms with Gasteiger partial charge >= 0.3 is 0 Å². The summed E-state index contributed by atoms with van der Waals surface area (Å²) in [6, 6.07) is 20.8. The zero-order valence-electron chi connectivity index (χ0n) is 16.4. The van der Waals surface area contributed by atoms with Gasteiger partial charge in [-0.05, 0) is 48.4 Å². The van der Waals surface area contributed by atoms with Crippen LogP contribution >= 0.6 is 0 Å². The molecular formula is C24H22N2O3. The summed E-state index contributed by atoms with van der Waals surface area (Å²) in [5.74, 6) is -0.158. The molecule has 1 atom stereocenters. The van der Waals surface area contributed by atoms with Crippen LogP contribution in [0.25, 0.3) is 16.8 Å². The van der Waals surface area contributed by atoms with Crippen LogP contribution < -0.4 is 15.2 Å². The van der Waals surface area contributed by atoms with Crippen LogP contribution in [0.4, 0.5) is 5.69 Å². The molecule has 0 bridgehead atoms. The lowest BCUT2D eigenvalue weighted by atomic mass is 10.0. The molecule has 3 aromatic carbocycles. The van der Waals surface area contributed by atoms with E-state index in [1.807, 2.05) is 61.5 Å². The van der Waals surface area contributed by atoms with Gasteiger partial charge in [0.05, 0.1) is 11.8 Å². The van der Waals surface area contributed by atoms with Gasteiger partial charge in [-0.25, -0.2) is 5.01 Å². The van der Waals surface area contributed by atoms with E-state index in [1.54, 1.807) is 18.2 Å². The Bertz CT molecular complexity index is 1110. The van der Waals surface area contributed by atoms with Crippen molar-refractivity contribution in [3.63, 3.8) is 0 Å². The molecule has 1 fully saturated rings. The van der Waals surface area contributed by atoms with Crippen molar-refractivity contribution < 1.29 is 14.3 Å². The Morgan fingerprint density at radius 3 is 2.48 bits per heavy atom. The van der Waals surface area contributed by atoms with Crippen LogP contribution in [0.1, 0.15) is 25.8 Å². The third-order valence-electron chi connectivity index (χ3n) is 5.03. The Kier molecular flexibility index (Phi) is 5.04. The second kappa shape index (κ2) is 7.80. The number of carbonyl (C=O) groups excluding carboxylic acids is 2. The smallest absolute Gasteiger partial charge is 0.282 e. The molecule has 1 aliphatic heterocycles. The highest BCUT2D eigenvalue weighted by atomic mass is 16.5. The quantitative estimate of drug-likeness (QED) is 0.520. The average Bonchev–Trinajstić information content (AvgIpc) is 3.04. The highest BCUT2D eigenvalue weighted by molar-refractivity contribution is 6.32. The highest BCUT2D eigenvalue weighted by Crippen LogP contribution is 2.32. The van der Waals surface area contributed by atoms with E-state index in [4.69, 9.17) is 4.74 Å². The zero-order valence-corrected chi connectivity index (χ0v) is 16.4. The number of hydrogen-bond donors (Lipinski definition) is 1. The molecule has 0 aromatic heterocycles. The summed E-state index contributed by atoms with van der Waals surface area (Å²) in [6.07, 6.45) is 2.51. The number of fused-ring (bicyclic) bond motifs is 1. The van der Waals surface area contributed by atoms with Crippen molar-refractivity contribution in [3.05, 3.63) is 77.9 Å². The van der Waals surface area contributed by atoms with Crippen molar-refractivity contribution in [3.8, 4) is 5.75 Å². The maximum atomic E-state index is 13.0. The van der Waals surface area contributed by atoms with E-state index < -0.39 is 5.91 Å². The normalized spacial score (nSPS) is 16.3. The van der Waals surface area contributed by atoms with Gasteiger partial charge in [-0.1, -0.05) is 55.5 Å². The summed E-state index contributed by atoms with van der Waals surface area (Å²) in [7, 11) is 0. The number of ether oxygens (including phenoxy) is 1. The van der Waals surface area contributed by atoms with Crippen LogP contribution in [0.2, 0.25) is 0 Å². The highest BCUT2D eigenvalue weighted by Gasteiger charge is 2.34. The van der Waals surface area contributed by atoms with E-state index in [9.17, 15) is 9.59 Å². The summed E-state index contributed by atoms with van der Waals surface area (Å²) >= 11 is 0. The van der Waals surface area contributed by atoms with Gasteiger partial charge in [-0.2, -0.15) is 0 Å². The fourth-order valence-corrected chi connectivity index (χ4v) is 3.29. The second-order valence-electron chi connectivity index (χ2n) is 7.01. The number of benzene rings is 3. The van der Waals surface area contributed by atoms with E-state index in [2.05, 4.69) is 12.3 Å². The number of carbonyl (C=O) groups is 2. The topological polar surface area (TPSA) is 58.6 Å². The van der Waals surface area contributed by atoms with Crippen molar-refractivity contribution in [2.75, 3.05) is 5.01 Å². The van der Waals surface area contributed by atoms with Crippen molar-refractivity contribution in [1.29, 1.82) is 0 Å². The molecule has 1 N–H and O–H groups in total. The monoisotopic (exact) mass is 386 g/mol. The third-order valence-corrected chi connectivity index (χ3v) is 5.03. The molecule has 0 spiro atoms. The minimum absolute atomic E-state index is 0.0160. The summed E-state index contributed by atoms with van der Waals surface area (Å²) in [4.78, 5) is 25.6. The van der Waals surface area contributed by atoms with E-state index in [0.717, 1.165) is 22.8 Å². The maximum absolute atomic E-state index is 13.0. The van der Waals surface area contributed by atoms with Gasteiger partial charge in [0.25, 0.3) is 11.8 Å². The van der Waals surface area contributed by atoms with Crippen LogP contribution in [0.3, 0.4) is 0 Å². The molecule has 4 rings (SSSR count). The van der Waals surface area contributed by atoms with Crippen molar-refractivity contribution in [2.24, 2.45) is 0 Å². The van der Waals surface area contributed by atoms with Crippen LogP contribution in [0, 0.1) is 0 Å². The molecule has 5 heteroatoms. The molecule has 146 valence electrons. The predicted octanol–water partition coefficient (Wildman–Crippen LogP) is 4.48. The summed E-state index contributed by atoms with van der Waals surface area (Å²) in [5, 5.41) is 3.22. The second-order valence-corrected chi connectivity index (χ2v) is 7.01. The maximum Gasteiger partial charge on any atom is 0.282 e. The van der Waals surface area contributed by atoms with Gasteiger partial charge in [0, 0.05) is 5.56 Å². The van der Waals surface area contributed by atoms with E-state index in [0.29, 0.717) is 11.4 Å². The summed E-state index contributed by atoms with van der Waals surface area (Å²) in [6.45, 7) is 4.05. The number of para-hydroxylation sites is 1. The van der Waals surface area contributed by atoms with Gasteiger partial charge in [0.1, 0.15) is 11.3 Å². The number of anilines is 1. The molecule has 29 heavy (non-hydrogen) atoms. The average molecular weight is 386 g/mol. The Labute approximate surface area is 169 Å². The largest absolute Gasteiger partial charge is 0.490 e. The van der Waals surface area contributed by atoms with Gasteiger partial charge < -0.3 is 4.74 Å². The molecular weight excluding hydrogens is 364 g/mol. The van der Waals surface area contributed by atoms with E-state index in [1.165, 1.54) is 5.01 Å². The van der Waals surface area contributed by atoms with Crippen LogP contribution in [-0.4, -0.2) is 17.9 Å². The third kappa shape index (κ3) is 3.59. The van der Waals surface area contributed by atoms with Crippen molar-refractivity contribution >= 4 is 34.4 Å². The first-order valence-electron chi connectivity index (χ1n) is 9.69. The van der Waals surface area contributed by atoms with E-state index >= 15 is 0 Å². The Balaban J connectivity index is 1.81. The van der Waals surface area contributed by atoms with Crippen LogP contribution in [0.5, 0.6) is 5.75 Å². The molecule has 3 aromatic rings. The number of nitrogens with zero attached hydrogens (tertiary/aromatic N) is 1. The van der Waals surface area contributed by atoms with Gasteiger partial charge in [-0.15, -0.1) is 0 Å². The van der Waals surface area contributed by atoms with Crippen LogP contribution in [0.15, 0.2) is 72.3 Å². The molecule has 1 aliphatic rings. The molecule has 1 heterocycles. The summed E-state index contributed by atoms with van der Waals surface area (Å²) < 4.78 is 6.09. The number of rotatable bonds is 5. The minimum atomic E-state index is -0.429. The molecule has 1 saturated heterocycles. The number of nitrogens with one attached hydrogen (secondary N) is 1. The first-order chi connectivity index (χ1) is 14.1. The van der Waals surface area contributed by atoms with Crippen LogP contribution in [-0.2, 0) is 9.59 Å². The first kappa shape index (κ1) is 18.7.